The van der Waals surface area contributed by atoms with Crippen LogP contribution in [0.15, 0.2) is 53.3 Å². The lowest BCUT2D eigenvalue weighted by Crippen LogP contribution is -2.18. The van der Waals surface area contributed by atoms with Crippen molar-refractivity contribution in [3.63, 3.8) is 0 Å². The molecular weight excluding hydrogens is 276 g/mol. The van der Waals surface area contributed by atoms with Crippen LogP contribution in [0.2, 0.25) is 0 Å². The molecule has 0 radical (unpaired) electrons. The maximum atomic E-state index is 4.96. The molecule has 3 aromatic rings. The van der Waals surface area contributed by atoms with Crippen molar-refractivity contribution in [1.29, 1.82) is 0 Å². The second-order valence-corrected chi connectivity index (χ2v) is 5.19. The first-order valence-corrected chi connectivity index (χ1v) is 7.25. The van der Waals surface area contributed by atoms with Crippen molar-refractivity contribution >= 4 is 0 Å². The summed E-state index contributed by atoms with van der Waals surface area (Å²) in [5.74, 6) is 1.27. The molecule has 0 aliphatic carbocycles. The minimum Gasteiger partial charge on any atom is -0.340 e. The number of hydrogen-bond acceptors (Lipinski definition) is 5. The van der Waals surface area contributed by atoms with Crippen molar-refractivity contribution in [2.45, 2.75) is 26.4 Å². The highest BCUT2D eigenvalue weighted by molar-refractivity contribution is 5.62. The molecule has 2 aromatic heterocycles. The van der Waals surface area contributed by atoms with Gasteiger partial charge in [-0.1, -0.05) is 29.4 Å². The number of aryl methyl sites for hydroxylation is 1. The van der Waals surface area contributed by atoms with Gasteiger partial charge in [0.15, 0.2) is 5.82 Å². The van der Waals surface area contributed by atoms with E-state index in [0.717, 1.165) is 0 Å². The maximum Gasteiger partial charge on any atom is 0.223 e. The number of nitrogens with one attached hydrogen (secondary N) is 1. The van der Waals surface area contributed by atoms with Crippen LogP contribution in [0.3, 0.4) is 0 Å². The molecule has 0 aliphatic heterocycles. The van der Waals surface area contributed by atoms with Gasteiger partial charge in [0.05, 0.1) is 6.54 Å². The van der Waals surface area contributed by atoms with E-state index in [1.807, 2.05) is 12.1 Å². The molecule has 112 valence electrons. The summed E-state index contributed by atoms with van der Waals surface area (Å²) in [6.45, 7) is 4.50. The van der Waals surface area contributed by atoms with Gasteiger partial charge in [0.1, 0.15) is 0 Å². The summed E-state index contributed by atoms with van der Waals surface area (Å²) >= 11 is 0. The van der Waals surface area contributed by atoms with E-state index in [1.54, 1.807) is 19.3 Å². The smallest absolute Gasteiger partial charge is 0.223 e. The number of hydrogen-bond donors (Lipinski definition) is 1. The zero-order chi connectivity index (χ0) is 15.4. The molecule has 0 amide bonds. The van der Waals surface area contributed by atoms with Crippen LogP contribution in [0, 0.1) is 6.92 Å². The first-order chi connectivity index (χ1) is 10.7. The minimum atomic E-state index is 0.213. The molecule has 0 saturated carbocycles. The van der Waals surface area contributed by atoms with E-state index in [9.17, 15) is 0 Å². The van der Waals surface area contributed by atoms with E-state index in [1.165, 1.54) is 16.7 Å². The predicted octanol–water partition coefficient (Wildman–Crippen LogP) is 3.29. The number of rotatable bonds is 5. The van der Waals surface area contributed by atoms with Crippen molar-refractivity contribution in [2.75, 3.05) is 0 Å². The minimum absolute atomic E-state index is 0.213. The SMILES string of the molecule is Cc1nc(CN[C@@H](C)c2ccc(-c3ccncc3)cc2)no1. The van der Waals surface area contributed by atoms with Crippen LogP contribution in [0.1, 0.15) is 30.2 Å². The summed E-state index contributed by atoms with van der Waals surface area (Å²) in [6.07, 6.45) is 3.61. The molecule has 0 spiro atoms. The Morgan fingerprint density at radius 3 is 2.36 bits per heavy atom. The van der Waals surface area contributed by atoms with Gasteiger partial charge in [0, 0.05) is 25.4 Å². The number of nitrogens with zero attached hydrogens (tertiary/aromatic N) is 3. The summed E-state index contributed by atoms with van der Waals surface area (Å²) in [7, 11) is 0. The molecule has 0 unspecified atom stereocenters. The van der Waals surface area contributed by atoms with Gasteiger partial charge >= 0.3 is 0 Å². The van der Waals surface area contributed by atoms with Gasteiger partial charge in [-0.2, -0.15) is 4.98 Å². The monoisotopic (exact) mass is 294 g/mol. The zero-order valence-electron chi connectivity index (χ0n) is 12.7. The van der Waals surface area contributed by atoms with Gasteiger partial charge in [-0.3, -0.25) is 4.98 Å². The van der Waals surface area contributed by atoms with E-state index in [-0.39, 0.29) is 6.04 Å². The molecule has 0 aliphatic rings. The van der Waals surface area contributed by atoms with Gasteiger partial charge in [0.2, 0.25) is 5.89 Å². The fourth-order valence-corrected chi connectivity index (χ4v) is 2.28. The van der Waals surface area contributed by atoms with E-state index in [0.29, 0.717) is 18.3 Å². The maximum absolute atomic E-state index is 4.96. The van der Waals surface area contributed by atoms with Gasteiger partial charge in [-0.15, -0.1) is 0 Å². The highest BCUT2D eigenvalue weighted by Crippen LogP contribution is 2.21. The molecule has 0 fully saturated rings. The summed E-state index contributed by atoms with van der Waals surface area (Å²) in [5, 5.41) is 7.27. The molecule has 5 nitrogen and oxygen atoms in total. The molecule has 0 bridgehead atoms. The van der Waals surface area contributed by atoms with Crippen LogP contribution in [0.25, 0.3) is 11.1 Å². The largest absolute Gasteiger partial charge is 0.340 e. The van der Waals surface area contributed by atoms with Crippen molar-refractivity contribution in [3.8, 4) is 11.1 Å². The third-order valence-corrected chi connectivity index (χ3v) is 3.56. The number of pyridine rings is 1. The van der Waals surface area contributed by atoms with Gasteiger partial charge < -0.3 is 9.84 Å². The highest BCUT2D eigenvalue weighted by atomic mass is 16.5. The summed E-state index contributed by atoms with van der Waals surface area (Å²) in [5.41, 5.74) is 3.58. The van der Waals surface area contributed by atoms with Gasteiger partial charge in [-0.25, -0.2) is 0 Å². The molecule has 5 heteroatoms. The third kappa shape index (κ3) is 3.38. The van der Waals surface area contributed by atoms with E-state index in [2.05, 4.69) is 51.6 Å². The predicted molar refractivity (Wildman–Crippen MR) is 84.0 cm³/mol. The Hall–Kier alpha value is -2.53. The van der Waals surface area contributed by atoms with E-state index < -0.39 is 0 Å². The Labute approximate surface area is 129 Å². The third-order valence-electron chi connectivity index (χ3n) is 3.56. The standard InChI is InChI=1S/C17H18N4O/c1-12(19-11-17-20-13(2)22-21-17)14-3-5-15(6-4-14)16-7-9-18-10-8-16/h3-10,12,19H,11H2,1-2H3/t12-/m0/s1. The lowest BCUT2D eigenvalue weighted by atomic mass is 10.0. The average molecular weight is 294 g/mol. The number of aromatic nitrogens is 3. The van der Waals surface area contributed by atoms with Crippen molar-refractivity contribution in [1.82, 2.24) is 20.4 Å². The lowest BCUT2D eigenvalue weighted by Gasteiger charge is -2.13. The Balaban J connectivity index is 1.64. The van der Waals surface area contributed by atoms with Crippen LogP contribution in [0.5, 0.6) is 0 Å². The summed E-state index contributed by atoms with van der Waals surface area (Å²) in [6, 6.07) is 12.8. The Morgan fingerprint density at radius 1 is 1.05 bits per heavy atom. The molecule has 1 atom stereocenters. The van der Waals surface area contributed by atoms with Crippen LogP contribution < -0.4 is 5.32 Å². The molecule has 22 heavy (non-hydrogen) atoms. The normalized spacial score (nSPS) is 12.3. The molecule has 3 rings (SSSR count). The quantitative estimate of drug-likeness (QED) is 0.782. The van der Waals surface area contributed by atoms with Gasteiger partial charge in [-0.05, 0) is 35.7 Å². The summed E-state index contributed by atoms with van der Waals surface area (Å²) in [4.78, 5) is 8.23. The second-order valence-electron chi connectivity index (χ2n) is 5.19. The van der Waals surface area contributed by atoms with Crippen LogP contribution in [-0.2, 0) is 6.54 Å². The highest BCUT2D eigenvalue weighted by Gasteiger charge is 2.08. The zero-order valence-corrected chi connectivity index (χ0v) is 12.7. The summed E-state index contributed by atoms with van der Waals surface area (Å²) < 4.78 is 4.96. The van der Waals surface area contributed by atoms with Crippen LogP contribution in [0.4, 0.5) is 0 Å². The molecule has 1 aromatic carbocycles. The van der Waals surface area contributed by atoms with Gasteiger partial charge in [0.25, 0.3) is 0 Å². The Bertz CT molecular complexity index is 722. The fraction of sp³-hybridized carbons (Fsp3) is 0.235. The van der Waals surface area contributed by atoms with Crippen LogP contribution in [-0.4, -0.2) is 15.1 Å². The lowest BCUT2D eigenvalue weighted by molar-refractivity contribution is 0.384. The molecular formula is C17H18N4O. The Kier molecular flexibility index (Phi) is 4.25. The van der Waals surface area contributed by atoms with Crippen molar-refractivity contribution < 1.29 is 4.52 Å². The topological polar surface area (TPSA) is 63.8 Å². The first kappa shape index (κ1) is 14.4. The Morgan fingerprint density at radius 2 is 1.73 bits per heavy atom. The average Bonchev–Trinajstić information content (AvgIpc) is 2.99. The molecule has 0 saturated heterocycles. The second kappa shape index (κ2) is 6.49. The molecule has 1 N–H and O–H groups in total. The van der Waals surface area contributed by atoms with Crippen LogP contribution >= 0.6 is 0 Å². The van der Waals surface area contributed by atoms with Crippen molar-refractivity contribution in [3.05, 3.63) is 66.1 Å². The molecule has 2 heterocycles. The fourth-order valence-electron chi connectivity index (χ4n) is 2.28. The van der Waals surface area contributed by atoms with E-state index in [4.69, 9.17) is 4.52 Å². The van der Waals surface area contributed by atoms with Crippen molar-refractivity contribution in [2.24, 2.45) is 0 Å². The number of benzene rings is 1. The van der Waals surface area contributed by atoms with E-state index >= 15 is 0 Å². The first-order valence-electron chi connectivity index (χ1n) is 7.25.